The molecule has 132 valence electrons. The number of aromatic hydroxyl groups is 1. The van der Waals surface area contributed by atoms with Crippen LogP contribution in [0.1, 0.15) is 5.56 Å². The summed E-state index contributed by atoms with van der Waals surface area (Å²) in [4.78, 5) is 4.22. The first-order valence-corrected chi connectivity index (χ1v) is 8.54. The molecule has 0 bridgehead atoms. The van der Waals surface area contributed by atoms with E-state index >= 15 is 0 Å². The molecule has 6 heteroatoms. The summed E-state index contributed by atoms with van der Waals surface area (Å²) in [5, 5.41) is 18.9. The summed E-state index contributed by atoms with van der Waals surface area (Å²) in [6.45, 7) is 0.231. The van der Waals surface area contributed by atoms with E-state index in [0.717, 1.165) is 22.0 Å². The molecule has 2 N–H and O–H groups in total. The second kappa shape index (κ2) is 5.95. The van der Waals surface area contributed by atoms with E-state index in [1.54, 1.807) is 41.4 Å². The number of H-pyrrole nitrogens is 1. The molecule has 0 aliphatic rings. The number of aromatic amines is 1. The van der Waals surface area contributed by atoms with Crippen molar-refractivity contribution in [2.24, 2.45) is 0 Å². The van der Waals surface area contributed by atoms with Crippen LogP contribution in [-0.4, -0.2) is 24.9 Å². The van der Waals surface area contributed by atoms with Gasteiger partial charge in [0, 0.05) is 23.3 Å². The van der Waals surface area contributed by atoms with Gasteiger partial charge in [-0.1, -0.05) is 18.2 Å². The van der Waals surface area contributed by atoms with Crippen LogP contribution in [0.2, 0.25) is 0 Å². The minimum atomic E-state index is -0.315. The second-order valence-corrected chi connectivity index (χ2v) is 6.50. The van der Waals surface area contributed by atoms with Gasteiger partial charge in [-0.3, -0.25) is 10.1 Å². The molecule has 0 fully saturated rings. The Morgan fingerprint density at radius 2 is 1.93 bits per heavy atom. The van der Waals surface area contributed by atoms with Crippen molar-refractivity contribution in [2.75, 3.05) is 0 Å². The molecule has 0 saturated heterocycles. The number of fused-ring (bicyclic) bond motifs is 2. The first kappa shape index (κ1) is 15.6. The molecule has 27 heavy (non-hydrogen) atoms. The smallest absolute Gasteiger partial charge is 0.201 e. The molecule has 5 nitrogen and oxygen atoms in total. The van der Waals surface area contributed by atoms with Gasteiger partial charge in [-0.2, -0.15) is 5.10 Å². The number of aromatic nitrogens is 4. The van der Waals surface area contributed by atoms with E-state index in [9.17, 15) is 9.50 Å². The fourth-order valence-corrected chi connectivity index (χ4v) is 3.35. The minimum Gasteiger partial charge on any atom is -0.494 e. The van der Waals surface area contributed by atoms with Crippen LogP contribution in [0.25, 0.3) is 32.9 Å². The summed E-state index contributed by atoms with van der Waals surface area (Å²) in [6.07, 6.45) is 5.14. The zero-order valence-electron chi connectivity index (χ0n) is 14.2. The second-order valence-electron chi connectivity index (χ2n) is 6.50. The third-order valence-corrected chi connectivity index (χ3v) is 4.80. The molecule has 5 rings (SSSR count). The summed E-state index contributed by atoms with van der Waals surface area (Å²) in [7, 11) is 0. The average Bonchev–Trinajstić information content (AvgIpc) is 3.28. The fourth-order valence-electron chi connectivity index (χ4n) is 3.35. The SMILES string of the molecule is Oc1c2cccnc2cn1Cc1ccc(-c2ccc3[nH]ncc3c2)cc1F. The van der Waals surface area contributed by atoms with Crippen molar-refractivity contribution in [1.29, 1.82) is 0 Å². The first-order chi connectivity index (χ1) is 13.2. The summed E-state index contributed by atoms with van der Waals surface area (Å²) >= 11 is 0. The number of halogens is 1. The molecule has 3 aromatic heterocycles. The summed E-state index contributed by atoms with van der Waals surface area (Å²) in [6, 6.07) is 14.6. The Bertz CT molecular complexity index is 1290. The lowest BCUT2D eigenvalue weighted by atomic mass is 10.0. The molecule has 2 aromatic carbocycles. The number of hydrogen-bond donors (Lipinski definition) is 2. The third kappa shape index (κ3) is 2.62. The van der Waals surface area contributed by atoms with Crippen molar-refractivity contribution in [2.45, 2.75) is 6.54 Å². The van der Waals surface area contributed by atoms with Crippen molar-refractivity contribution in [3.8, 4) is 17.0 Å². The van der Waals surface area contributed by atoms with Crippen LogP contribution in [0.15, 0.2) is 67.1 Å². The Kier molecular flexibility index (Phi) is 3.43. The van der Waals surface area contributed by atoms with Crippen LogP contribution in [0, 0.1) is 5.82 Å². The Labute approximate surface area is 153 Å². The standard InChI is InChI=1S/C21H15FN4O/c22-18-9-14(13-5-6-19-16(8-13)10-24-25-19)3-4-15(18)11-26-12-20-17(21(26)27)2-1-7-23-20/h1-10,12,27H,11H2,(H,24,25). The number of hydrogen-bond acceptors (Lipinski definition) is 3. The van der Waals surface area contributed by atoms with Gasteiger partial charge in [-0.25, -0.2) is 4.39 Å². The number of nitrogens with zero attached hydrogens (tertiary/aromatic N) is 3. The highest BCUT2D eigenvalue weighted by atomic mass is 19.1. The van der Waals surface area contributed by atoms with Crippen molar-refractivity contribution < 1.29 is 9.50 Å². The highest BCUT2D eigenvalue weighted by molar-refractivity contribution is 5.85. The maximum Gasteiger partial charge on any atom is 0.201 e. The molecule has 0 amide bonds. The molecule has 3 heterocycles. The first-order valence-electron chi connectivity index (χ1n) is 8.54. The average molecular weight is 358 g/mol. The third-order valence-electron chi connectivity index (χ3n) is 4.80. The van der Waals surface area contributed by atoms with E-state index in [0.29, 0.717) is 16.5 Å². The maximum absolute atomic E-state index is 14.7. The molecule has 0 atom stereocenters. The number of rotatable bonds is 3. The molecule has 0 aliphatic heterocycles. The van der Waals surface area contributed by atoms with E-state index in [2.05, 4.69) is 15.2 Å². The van der Waals surface area contributed by atoms with Crippen LogP contribution >= 0.6 is 0 Å². The largest absolute Gasteiger partial charge is 0.494 e. The zero-order valence-corrected chi connectivity index (χ0v) is 14.2. The van der Waals surface area contributed by atoms with Gasteiger partial charge < -0.3 is 9.67 Å². The Hall–Kier alpha value is -3.67. The van der Waals surface area contributed by atoms with Crippen LogP contribution in [0.4, 0.5) is 4.39 Å². The lowest BCUT2D eigenvalue weighted by molar-refractivity contribution is 0.428. The monoisotopic (exact) mass is 358 g/mol. The van der Waals surface area contributed by atoms with E-state index in [-0.39, 0.29) is 18.2 Å². The Balaban J connectivity index is 1.49. The Morgan fingerprint density at radius 3 is 2.78 bits per heavy atom. The van der Waals surface area contributed by atoms with Crippen molar-refractivity contribution in [3.63, 3.8) is 0 Å². The van der Waals surface area contributed by atoms with Crippen LogP contribution in [-0.2, 0) is 6.54 Å². The molecule has 0 radical (unpaired) electrons. The van der Waals surface area contributed by atoms with Gasteiger partial charge in [0.1, 0.15) is 5.82 Å². The van der Waals surface area contributed by atoms with Crippen molar-refractivity contribution in [1.82, 2.24) is 19.7 Å². The van der Waals surface area contributed by atoms with E-state index < -0.39 is 0 Å². The topological polar surface area (TPSA) is 66.7 Å². The van der Waals surface area contributed by atoms with Crippen molar-refractivity contribution in [3.05, 3.63) is 78.5 Å². The van der Waals surface area contributed by atoms with Crippen LogP contribution in [0.3, 0.4) is 0 Å². The lowest BCUT2D eigenvalue weighted by Gasteiger charge is -2.09. The van der Waals surface area contributed by atoms with Gasteiger partial charge in [-0.15, -0.1) is 0 Å². The van der Waals surface area contributed by atoms with Gasteiger partial charge in [-0.05, 0) is 41.5 Å². The summed E-state index contributed by atoms with van der Waals surface area (Å²) in [5.74, 6) is -0.225. The van der Waals surface area contributed by atoms with Crippen LogP contribution in [0.5, 0.6) is 5.88 Å². The van der Waals surface area contributed by atoms with Gasteiger partial charge in [0.25, 0.3) is 0 Å². The molecule has 5 aromatic rings. The quantitative estimate of drug-likeness (QED) is 0.500. The normalized spacial score (nSPS) is 11.4. The van der Waals surface area contributed by atoms with Crippen molar-refractivity contribution >= 4 is 21.8 Å². The summed E-state index contributed by atoms with van der Waals surface area (Å²) < 4.78 is 16.3. The number of benzene rings is 2. The highest BCUT2D eigenvalue weighted by Crippen LogP contribution is 2.28. The molecular weight excluding hydrogens is 343 g/mol. The molecule has 0 spiro atoms. The highest BCUT2D eigenvalue weighted by Gasteiger charge is 2.12. The maximum atomic E-state index is 14.7. The van der Waals surface area contributed by atoms with Gasteiger partial charge in [0.2, 0.25) is 5.88 Å². The molecule has 0 aliphatic carbocycles. The van der Waals surface area contributed by atoms with E-state index in [1.165, 1.54) is 6.07 Å². The fraction of sp³-hybridized carbons (Fsp3) is 0.0476. The number of nitrogens with one attached hydrogen (secondary N) is 1. The predicted octanol–water partition coefficient (Wildman–Crippen LogP) is 4.47. The zero-order chi connectivity index (χ0) is 18.4. The molecule has 0 saturated carbocycles. The van der Waals surface area contributed by atoms with Gasteiger partial charge in [0.15, 0.2) is 0 Å². The van der Waals surface area contributed by atoms with E-state index in [4.69, 9.17) is 0 Å². The molecule has 0 unspecified atom stereocenters. The lowest BCUT2D eigenvalue weighted by Crippen LogP contribution is -2.00. The Morgan fingerprint density at radius 1 is 1.07 bits per heavy atom. The minimum absolute atomic E-state index is 0.0898. The molecular formula is C21H15FN4O. The van der Waals surface area contributed by atoms with E-state index in [1.807, 2.05) is 24.3 Å². The number of pyridine rings is 1. The van der Waals surface area contributed by atoms with Gasteiger partial charge in [0.05, 0.1) is 29.2 Å². The van der Waals surface area contributed by atoms with Crippen LogP contribution < -0.4 is 0 Å². The predicted molar refractivity (Wildman–Crippen MR) is 102 cm³/mol. The van der Waals surface area contributed by atoms with Gasteiger partial charge >= 0.3 is 0 Å². The summed E-state index contributed by atoms with van der Waals surface area (Å²) in [5.41, 5.74) is 3.84.